The van der Waals surface area contributed by atoms with Gasteiger partial charge in [-0.2, -0.15) is 0 Å². The van der Waals surface area contributed by atoms with E-state index >= 15 is 0 Å². The molecule has 0 bridgehead atoms. The molecule has 0 spiro atoms. The van der Waals surface area contributed by atoms with Crippen LogP contribution in [0.15, 0.2) is 0 Å². The van der Waals surface area contributed by atoms with Gasteiger partial charge in [0.15, 0.2) is 4.69 Å². The Balaban J connectivity index is 4.46. The first kappa shape index (κ1) is 14.1. The first-order chi connectivity index (χ1) is 6.46. The summed E-state index contributed by atoms with van der Waals surface area (Å²) in [5, 5.41) is 2.42. The minimum atomic E-state index is -3.28. The Morgan fingerprint density at radius 3 is 2.14 bits per heavy atom. The first-order valence-electron chi connectivity index (χ1n) is 4.26. The molecule has 0 aliphatic rings. The van der Waals surface area contributed by atoms with Crippen LogP contribution in [0.25, 0.3) is 0 Å². The smallest absolute Gasteiger partial charge is 0.334 e. The summed E-state index contributed by atoms with van der Waals surface area (Å²) in [5.41, 5.74) is 0. The zero-order valence-electron chi connectivity index (χ0n) is 8.45. The van der Waals surface area contributed by atoms with Crippen LogP contribution in [0.4, 0.5) is 0 Å². The molecule has 0 aromatic heterocycles. The quantitative estimate of drug-likeness (QED) is 0.461. The predicted octanol–water partition coefficient (Wildman–Crippen LogP) is 2.07. The summed E-state index contributed by atoms with van der Waals surface area (Å²) in [7, 11) is -3.28. The molecule has 5 nitrogen and oxygen atoms in total. The molecule has 0 aliphatic carbocycles. The van der Waals surface area contributed by atoms with Gasteiger partial charge in [-0.05, 0) is 13.8 Å². The van der Waals surface area contributed by atoms with Crippen molar-refractivity contribution in [1.82, 2.24) is 5.32 Å². The van der Waals surface area contributed by atoms with Gasteiger partial charge >= 0.3 is 7.60 Å². The van der Waals surface area contributed by atoms with Gasteiger partial charge < -0.3 is 14.4 Å². The molecule has 7 heteroatoms. The number of nitrogens with one attached hydrogen (secondary N) is 1. The largest absolute Gasteiger partial charge is 0.363 e. The van der Waals surface area contributed by atoms with Crippen LogP contribution in [-0.2, 0) is 18.4 Å². The van der Waals surface area contributed by atoms with E-state index in [9.17, 15) is 9.36 Å². The fraction of sp³-hybridized carbons (Fsp3) is 0.857. The Hall–Kier alpha value is 0.100. The maximum atomic E-state index is 11.9. The molecule has 0 fully saturated rings. The van der Waals surface area contributed by atoms with Crippen LogP contribution in [-0.4, -0.2) is 23.8 Å². The van der Waals surface area contributed by atoms with Crippen LogP contribution < -0.4 is 5.32 Å². The average molecular weight is 288 g/mol. The molecule has 0 saturated heterocycles. The lowest BCUT2D eigenvalue weighted by Crippen LogP contribution is -2.29. The van der Waals surface area contributed by atoms with Crippen LogP contribution in [0, 0.1) is 0 Å². The fourth-order valence-corrected chi connectivity index (χ4v) is 3.20. The third-order valence-electron chi connectivity index (χ3n) is 1.22. The minimum Gasteiger partial charge on any atom is -0.334 e. The van der Waals surface area contributed by atoms with Crippen LogP contribution in [0.1, 0.15) is 20.8 Å². The van der Waals surface area contributed by atoms with Crippen molar-refractivity contribution >= 4 is 29.4 Å². The van der Waals surface area contributed by atoms with E-state index in [1.165, 1.54) is 6.92 Å². The Labute approximate surface area is 92.2 Å². The molecular weight excluding hydrogens is 273 g/mol. The van der Waals surface area contributed by atoms with E-state index in [4.69, 9.17) is 9.05 Å². The monoisotopic (exact) mass is 287 g/mol. The number of hydrogen-bond donors (Lipinski definition) is 1. The Bertz CT molecular complexity index is 226. The highest BCUT2D eigenvalue weighted by atomic mass is 79.9. The molecule has 1 atom stereocenters. The lowest BCUT2D eigenvalue weighted by atomic mass is 10.7. The Morgan fingerprint density at radius 1 is 1.43 bits per heavy atom. The second kappa shape index (κ2) is 6.56. The molecule has 0 rings (SSSR count). The summed E-state index contributed by atoms with van der Waals surface area (Å²) in [6.07, 6.45) is 0. The highest BCUT2D eigenvalue weighted by Gasteiger charge is 2.34. The molecule has 0 aliphatic heterocycles. The number of hydrogen-bond acceptors (Lipinski definition) is 4. The van der Waals surface area contributed by atoms with E-state index in [1.807, 2.05) is 0 Å². The summed E-state index contributed by atoms with van der Waals surface area (Å²) in [4.78, 5) is 10.7. The van der Waals surface area contributed by atoms with Crippen LogP contribution >= 0.6 is 23.5 Å². The molecule has 0 saturated carbocycles. The highest BCUT2D eigenvalue weighted by Crippen LogP contribution is 2.54. The van der Waals surface area contributed by atoms with Crippen LogP contribution in [0.3, 0.4) is 0 Å². The van der Waals surface area contributed by atoms with Crippen molar-refractivity contribution in [2.24, 2.45) is 0 Å². The molecule has 0 heterocycles. The SMILES string of the molecule is CCOP(=O)(OCC)C(Br)NC(C)=O. The van der Waals surface area contributed by atoms with Gasteiger partial charge in [0.1, 0.15) is 0 Å². The van der Waals surface area contributed by atoms with E-state index in [0.29, 0.717) is 0 Å². The van der Waals surface area contributed by atoms with Gasteiger partial charge in [-0.25, -0.2) is 0 Å². The van der Waals surface area contributed by atoms with Gasteiger partial charge in [0.05, 0.1) is 13.2 Å². The average Bonchev–Trinajstić information content (AvgIpc) is 2.03. The number of alkyl halides is 1. The number of rotatable bonds is 6. The molecule has 0 aromatic carbocycles. The van der Waals surface area contributed by atoms with Crippen LogP contribution in [0.2, 0.25) is 0 Å². The zero-order valence-corrected chi connectivity index (χ0v) is 10.9. The molecule has 1 amide bonds. The molecule has 0 aromatic rings. The maximum absolute atomic E-state index is 11.9. The van der Waals surface area contributed by atoms with Crippen molar-refractivity contribution < 1.29 is 18.4 Å². The van der Waals surface area contributed by atoms with Crippen LogP contribution in [0.5, 0.6) is 0 Å². The molecule has 1 unspecified atom stereocenters. The van der Waals surface area contributed by atoms with E-state index in [1.54, 1.807) is 13.8 Å². The standard InChI is InChI=1S/C7H15BrNO4P/c1-4-12-14(11,13-5-2)7(8)9-6(3)10/h7H,4-5H2,1-3H3,(H,9,10). The zero-order chi connectivity index (χ0) is 11.2. The van der Waals surface area contributed by atoms with Gasteiger partial charge in [0.2, 0.25) is 5.91 Å². The highest BCUT2D eigenvalue weighted by molar-refractivity contribution is 9.10. The van der Waals surface area contributed by atoms with Crippen molar-refractivity contribution in [1.29, 1.82) is 0 Å². The number of carbonyl (C=O) groups is 1. The van der Waals surface area contributed by atoms with Crippen molar-refractivity contribution in [3.63, 3.8) is 0 Å². The van der Waals surface area contributed by atoms with Crippen molar-refractivity contribution in [2.75, 3.05) is 13.2 Å². The normalized spacial score (nSPS) is 13.7. The summed E-state index contributed by atoms with van der Waals surface area (Å²) < 4.78 is 21.2. The molecule has 1 N–H and O–H groups in total. The van der Waals surface area contributed by atoms with E-state index in [2.05, 4.69) is 21.2 Å². The number of halogens is 1. The van der Waals surface area contributed by atoms with Gasteiger partial charge in [-0.1, -0.05) is 15.9 Å². The van der Waals surface area contributed by atoms with Gasteiger partial charge in [0, 0.05) is 6.92 Å². The van der Waals surface area contributed by atoms with Crippen molar-refractivity contribution in [2.45, 2.75) is 25.5 Å². The predicted molar refractivity (Wildman–Crippen MR) is 57.4 cm³/mol. The topological polar surface area (TPSA) is 64.6 Å². The fourth-order valence-electron chi connectivity index (χ4n) is 0.775. The minimum absolute atomic E-state index is 0.263. The number of amides is 1. The van der Waals surface area contributed by atoms with Gasteiger partial charge in [-0.15, -0.1) is 0 Å². The van der Waals surface area contributed by atoms with Gasteiger partial charge in [0.25, 0.3) is 0 Å². The maximum Gasteiger partial charge on any atom is 0.363 e. The third kappa shape index (κ3) is 4.55. The van der Waals surface area contributed by atoms with E-state index in [0.717, 1.165) is 0 Å². The lowest BCUT2D eigenvalue weighted by molar-refractivity contribution is -0.118. The van der Waals surface area contributed by atoms with Crippen molar-refractivity contribution in [3.05, 3.63) is 0 Å². The molecule has 14 heavy (non-hydrogen) atoms. The van der Waals surface area contributed by atoms with Crippen molar-refractivity contribution in [3.8, 4) is 0 Å². The first-order valence-corrected chi connectivity index (χ1v) is 6.79. The summed E-state index contributed by atoms with van der Waals surface area (Å²) in [6, 6.07) is 0. The Morgan fingerprint density at radius 2 is 1.86 bits per heavy atom. The second-order valence-electron chi connectivity index (χ2n) is 2.41. The Kier molecular flexibility index (Phi) is 6.61. The summed E-state index contributed by atoms with van der Waals surface area (Å²) in [5.74, 6) is -0.300. The van der Waals surface area contributed by atoms with Gasteiger partial charge in [-0.3, -0.25) is 9.36 Å². The lowest BCUT2D eigenvalue weighted by Gasteiger charge is -2.22. The number of carbonyl (C=O) groups excluding carboxylic acids is 1. The third-order valence-corrected chi connectivity index (χ3v) is 4.87. The summed E-state index contributed by atoms with van der Waals surface area (Å²) in [6.45, 7) is 5.27. The molecule has 0 radical (unpaired) electrons. The summed E-state index contributed by atoms with van der Waals surface area (Å²) >= 11 is 3.06. The molecular formula is C7H15BrNO4P. The second-order valence-corrected chi connectivity index (χ2v) is 6.15. The van der Waals surface area contributed by atoms with E-state index < -0.39 is 12.3 Å². The molecule has 84 valence electrons. The van der Waals surface area contributed by atoms with E-state index in [-0.39, 0.29) is 19.1 Å².